The number of rotatable bonds is 2. The summed E-state index contributed by atoms with van der Waals surface area (Å²) in [6.45, 7) is 0. The minimum absolute atomic E-state index is 0.0473. The van der Waals surface area contributed by atoms with Crippen molar-refractivity contribution in [2.75, 3.05) is 7.11 Å². The number of benzene rings is 1. The predicted octanol–water partition coefficient (Wildman–Crippen LogP) is 1.59. The van der Waals surface area contributed by atoms with Crippen LogP contribution in [0.2, 0.25) is 0 Å². The monoisotopic (exact) mass is 160 g/mol. The van der Waals surface area contributed by atoms with Crippen LogP contribution < -0.4 is 4.74 Å². The second-order valence-electron chi connectivity index (χ2n) is 2.22. The minimum atomic E-state index is -0.0473. The van der Waals surface area contributed by atoms with Gasteiger partial charge in [0.2, 0.25) is 0 Å². The lowest BCUT2D eigenvalue weighted by molar-refractivity contribution is 0.414. The highest BCUT2D eigenvalue weighted by Gasteiger charge is 1.99. The van der Waals surface area contributed by atoms with Crippen LogP contribution in [-0.2, 0) is 0 Å². The summed E-state index contributed by atoms with van der Waals surface area (Å²) in [5.74, 6) is 0.660. The number of hydrogen-bond donors (Lipinski definition) is 1. The summed E-state index contributed by atoms with van der Waals surface area (Å²) < 4.78 is 4.94. The standard InChI is InChI=1S/C9H8N2O/c1-12-8-4-2-3-7(5-8)9(11)6-10/h2-5,11H,1H3. The molecule has 1 aromatic rings. The zero-order chi connectivity index (χ0) is 8.97. The Hall–Kier alpha value is -1.82. The molecule has 0 unspecified atom stereocenters. The van der Waals surface area contributed by atoms with Gasteiger partial charge in [-0.25, -0.2) is 0 Å². The van der Waals surface area contributed by atoms with Gasteiger partial charge in [0.25, 0.3) is 0 Å². The molecule has 0 aromatic heterocycles. The third-order valence-electron chi connectivity index (χ3n) is 1.47. The van der Waals surface area contributed by atoms with Gasteiger partial charge in [-0.15, -0.1) is 0 Å². The average Bonchev–Trinajstić information content (AvgIpc) is 2.17. The number of nitrogens with one attached hydrogen (secondary N) is 1. The molecule has 1 N–H and O–H groups in total. The zero-order valence-electron chi connectivity index (χ0n) is 6.66. The smallest absolute Gasteiger partial charge is 0.139 e. The van der Waals surface area contributed by atoms with E-state index in [1.54, 1.807) is 37.4 Å². The summed E-state index contributed by atoms with van der Waals surface area (Å²) >= 11 is 0. The van der Waals surface area contributed by atoms with Crippen LogP contribution in [0.25, 0.3) is 0 Å². The van der Waals surface area contributed by atoms with Gasteiger partial charge in [0.15, 0.2) is 0 Å². The van der Waals surface area contributed by atoms with Gasteiger partial charge >= 0.3 is 0 Å². The van der Waals surface area contributed by atoms with E-state index in [0.717, 1.165) is 0 Å². The van der Waals surface area contributed by atoms with Crippen LogP contribution in [0.5, 0.6) is 5.75 Å². The second-order valence-corrected chi connectivity index (χ2v) is 2.22. The van der Waals surface area contributed by atoms with Crippen LogP contribution >= 0.6 is 0 Å². The van der Waals surface area contributed by atoms with Crippen molar-refractivity contribution in [1.29, 1.82) is 10.7 Å². The normalized spacial score (nSPS) is 8.67. The Morgan fingerprint density at radius 3 is 2.92 bits per heavy atom. The van der Waals surface area contributed by atoms with Gasteiger partial charge in [-0.1, -0.05) is 12.1 Å². The molecule has 0 radical (unpaired) electrons. The Morgan fingerprint density at radius 1 is 1.58 bits per heavy atom. The molecule has 1 rings (SSSR count). The highest BCUT2D eigenvalue weighted by atomic mass is 16.5. The van der Waals surface area contributed by atoms with Gasteiger partial charge in [-0.3, -0.25) is 5.41 Å². The van der Waals surface area contributed by atoms with Crippen molar-refractivity contribution in [3.63, 3.8) is 0 Å². The Kier molecular flexibility index (Phi) is 2.44. The Morgan fingerprint density at radius 2 is 2.33 bits per heavy atom. The van der Waals surface area contributed by atoms with E-state index >= 15 is 0 Å². The van der Waals surface area contributed by atoms with Gasteiger partial charge in [-0.05, 0) is 12.1 Å². The van der Waals surface area contributed by atoms with E-state index < -0.39 is 0 Å². The second kappa shape index (κ2) is 3.54. The van der Waals surface area contributed by atoms with E-state index in [-0.39, 0.29) is 5.71 Å². The Labute approximate surface area is 70.7 Å². The Balaban J connectivity index is 3.03. The van der Waals surface area contributed by atoms with Gasteiger partial charge in [0.05, 0.1) is 7.11 Å². The van der Waals surface area contributed by atoms with Crippen LogP contribution in [-0.4, -0.2) is 12.8 Å². The molecule has 0 amide bonds. The van der Waals surface area contributed by atoms with Gasteiger partial charge in [0, 0.05) is 5.56 Å². The van der Waals surface area contributed by atoms with E-state index in [1.165, 1.54) is 0 Å². The molecule has 0 aliphatic heterocycles. The van der Waals surface area contributed by atoms with Crippen molar-refractivity contribution < 1.29 is 4.74 Å². The summed E-state index contributed by atoms with van der Waals surface area (Å²) in [5, 5.41) is 15.7. The fraction of sp³-hybridized carbons (Fsp3) is 0.111. The van der Waals surface area contributed by atoms with Gasteiger partial charge in [-0.2, -0.15) is 5.26 Å². The molecule has 60 valence electrons. The maximum absolute atomic E-state index is 8.44. The molecule has 0 spiro atoms. The third-order valence-corrected chi connectivity index (χ3v) is 1.47. The first kappa shape index (κ1) is 8.28. The Bertz CT molecular complexity index is 339. The maximum Gasteiger partial charge on any atom is 0.139 e. The molecule has 0 aliphatic carbocycles. The van der Waals surface area contributed by atoms with Gasteiger partial charge in [0.1, 0.15) is 17.5 Å². The molecule has 1 aromatic carbocycles. The SMILES string of the molecule is COc1cccc(C(=N)C#N)c1. The molecular weight excluding hydrogens is 152 g/mol. The first-order valence-corrected chi connectivity index (χ1v) is 3.41. The summed E-state index contributed by atoms with van der Waals surface area (Å²) in [7, 11) is 1.55. The first-order chi connectivity index (χ1) is 5.77. The maximum atomic E-state index is 8.44. The van der Waals surface area contributed by atoms with Crippen molar-refractivity contribution in [3.8, 4) is 11.8 Å². The van der Waals surface area contributed by atoms with E-state index in [4.69, 9.17) is 15.4 Å². The summed E-state index contributed by atoms with van der Waals surface area (Å²) in [6.07, 6.45) is 0. The number of methoxy groups -OCH3 is 1. The topological polar surface area (TPSA) is 56.9 Å². The van der Waals surface area contributed by atoms with E-state index in [9.17, 15) is 0 Å². The molecule has 0 fully saturated rings. The van der Waals surface area contributed by atoms with Crippen LogP contribution in [0.3, 0.4) is 0 Å². The summed E-state index contributed by atoms with van der Waals surface area (Å²) in [6, 6.07) is 8.64. The molecule has 0 bridgehead atoms. The molecule has 0 heterocycles. The number of nitrogens with zero attached hydrogens (tertiary/aromatic N) is 1. The van der Waals surface area contributed by atoms with Crippen LogP contribution in [0.4, 0.5) is 0 Å². The van der Waals surface area contributed by atoms with Crippen LogP contribution in [0.15, 0.2) is 24.3 Å². The van der Waals surface area contributed by atoms with Crippen molar-refractivity contribution in [2.24, 2.45) is 0 Å². The van der Waals surface area contributed by atoms with Crippen molar-refractivity contribution in [1.82, 2.24) is 0 Å². The number of ether oxygens (including phenoxy) is 1. The average molecular weight is 160 g/mol. The molecule has 3 nitrogen and oxygen atoms in total. The lowest BCUT2D eigenvalue weighted by Crippen LogP contribution is -1.94. The molecule has 0 atom stereocenters. The van der Waals surface area contributed by atoms with Crippen LogP contribution in [0, 0.1) is 16.7 Å². The number of nitriles is 1. The molecule has 0 saturated heterocycles. The lowest BCUT2D eigenvalue weighted by Gasteiger charge is -2.00. The third kappa shape index (κ3) is 1.61. The van der Waals surface area contributed by atoms with Gasteiger partial charge < -0.3 is 4.74 Å². The minimum Gasteiger partial charge on any atom is -0.497 e. The fourth-order valence-corrected chi connectivity index (χ4v) is 0.843. The predicted molar refractivity (Wildman–Crippen MR) is 45.4 cm³/mol. The van der Waals surface area contributed by atoms with E-state index in [1.807, 2.05) is 0 Å². The molecule has 0 saturated carbocycles. The van der Waals surface area contributed by atoms with Crippen molar-refractivity contribution in [2.45, 2.75) is 0 Å². The highest BCUT2D eigenvalue weighted by molar-refractivity contribution is 6.09. The lowest BCUT2D eigenvalue weighted by atomic mass is 10.1. The summed E-state index contributed by atoms with van der Waals surface area (Å²) in [4.78, 5) is 0. The summed E-state index contributed by atoms with van der Waals surface area (Å²) in [5.41, 5.74) is 0.533. The molecule has 12 heavy (non-hydrogen) atoms. The highest BCUT2D eigenvalue weighted by Crippen LogP contribution is 2.12. The largest absolute Gasteiger partial charge is 0.497 e. The fourth-order valence-electron chi connectivity index (χ4n) is 0.843. The first-order valence-electron chi connectivity index (χ1n) is 3.41. The molecule has 3 heteroatoms. The quantitative estimate of drug-likeness (QED) is 0.668. The van der Waals surface area contributed by atoms with E-state index in [2.05, 4.69) is 0 Å². The van der Waals surface area contributed by atoms with Crippen LogP contribution in [0.1, 0.15) is 5.56 Å². The molecular formula is C9H8N2O. The zero-order valence-corrected chi connectivity index (χ0v) is 6.66. The number of hydrogen-bond acceptors (Lipinski definition) is 3. The van der Waals surface area contributed by atoms with E-state index in [0.29, 0.717) is 11.3 Å². The van der Waals surface area contributed by atoms with Crippen molar-refractivity contribution in [3.05, 3.63) is 29.8 Å². The molecule has 0 aliphatic rings. The van der Waals surface area contributed by atoms with Crippen molar-refractivity contribution >= 4 is 5.71 Å².